The summed E-state index contributed by atoms with van der Waals surface area (Å²) in [6.45, 7) is 23.7. The van der Waals surface area contributed by atoms with Crippen LogP contribution < -0.4 is 0 Å². The quantitative estimate of drug-likeness (QED) is 0.196. The summed E-state index contributed by atoms with van der Waals surface area (Å²) >= 11 is 0. The minimum atomic E-state index is 0.517. The van der Waals surface area contributed by atoms with Gasteiger partial charge in [-0.1, -0.05) is 126 Å². The highest BCUT2D eigenvalue weighted by molar-refractivity contribution is 6.61. The smallest absolute Gasteiger partial charge is 0.0979 e. The maximum absolute atomic E-state index is 5.84. The summed E-state index contributed by atoms with van der Waals surface area (Å²) in [6.07, 6.45) is 7.74. The Morgan fingerprint density at radius 1 is 0.560 bits per heavy atom. The molecule has 2 nitrogen and oxygen atoms in total. The zero-order chi connectivity index (χ0) is 35.4. The van der Waals surface area contributed by atoms with Crippen molar-refractivity contribution in [3.63, 3.8) is 0 Å². The Kier molecular flexibility index (Phi) is 9.70. The Labute approximate surface area is 302 Å². The molecule has 7 rings (SSSR count). The van der Waals surface area contributed by atoms with Crippen molar-refractivity contribution in [1.82, 2.24) is 0 Å². The van der Waals surface area contributed by atoms with Crippen molar-refractivity contribution in [3.8, 4) is 0 Å². The summed E-state index contributed by atoms with van der Waals surface area (Å²) in [4.78, 5) is 11.7. The number of nitrogens with zero attached hydrogens (tertiary/aromatic N) is 2. The molecule has 0 amide bonds. The predicted molar refractivity (Wildman–Crippen MR) is 216 cm³/mol. The first-order valence-electron chi connectivity index (χ1n) is 19.8. The molecular weight excluding hydrogens is 605 g/mol. The summed E-state index contributed by atoms with van der Waals surface area (Å²) in [5.41, 5.74) is 15.0. The van der Waals surface area contributed by atoms with E-state index in [0.717, 1.165) is 23.3 Å². The van der Waals surface area contributed by atoms with Gasteiger partial charge in [0.2, 0.25) is 0 Å². The van der Waals surface area contributed by atoms with Gasteiger partial charge in [0.1, 0.15) is 0 Å². The van der Waals surface area contributed by atoms with E-state index in [2.05, 4.69) is 130 Å². The third-order valence-corrected chi connectivity index (χ3v) is 12.9. The number of benzene rings is 4. The molecule has 0 N–H and O–H groups in total. The van der Waals surface area contributed by atoms with E-state index < -0.39 is 0 Å². The molecule has 262 valence electrons. The molecule has 0 aliphatic heterocycles. The van der Waals surface area contributed by atoms with Crippen LogP contribution in [0.15, 0.2) is 70.6 Å². The Morgan fingerprint density at radius 2 is 0.980 bits per heavy atom. The van der Waals surface area contributed by atoms with E-state index in [1.165, 1.54) is 105 Å². The van der Waals surface area contributed by atoms with Gasteiger partial charge in [0.05, 0.1) is 22.8 Å². The lowest BCUT2D eigenvalue weighted by atomic mass is 9.67. The minimum Gasteiger partial charge on any atom is -0.246 e. The fourth-order valence-corrected chi connectivity index (χ4v) is 10.4. The van der Waals surface area contributed by atoms with E-state index in [0.29, 0.717) is 35.5 Å². The molecule has 4 aromatic rings. The number of hydrogen-bond donors (Lipinski definition) is 0. The zero-order valence-electron chi connectivity index (χ0n) is 32.5. The molecule has 0 spiro atoms. The van der Waals surface area contributed by atoms with Crippen LogP contribution in [0.4, 0.5) is 11.4 Å². The van der Waals surface area contributed by atoms with E-state index in [9.17, 15) is 0 Å². The third kappa shape index (κ3) is 6.42. The molecule has 0 radical (unpaired) electrons. The van der Waals surface area contributed by atoms with Gasteiger partial charge in [0.15, 0.2) is 0 Å². The monoisotopic (exact) mass is 664 g/mol. The molecule has 0 saturated heterocycles. The van der Waals surface area contributed by atoms with Crippen LogP contribution in [0.1, 0.15) is 136 Å². The molecule has 4 aromatic carbocycles. The highest BCUT2D eigenvalue weighted by Gasteiger charge is 2.36. The van der Waals surface area contributed by atoms with Crippen LogP contribution in [0.5, 0.6) is 0 Å². The van der Waals surface area contributed by atoms with Crippen LogP contribution in [0.25, 0.3) is 10.8 Å². The van der Waals surface area contributed by atoms with Gasteiger partial charge in [0.25, 0.3) is 0 Å². The number of rotatable bonds is 6. The van der Waals surface area contributed by atoms with Crippen LogP contribution in [0, 0.1) is 63.2 Å². The molecule has 0 bridgehead atoms. The van der Waals surface area contributed by atoms with E-state index >= 15 is 0 Å². The van der Waals surface area contributed by atoms with Crippen molar-refractivity contribution in [1.29, 1.82) is 0 Å². The highest BCUT2D eigenvalue weighted by atomic mass is 14.9. The minimum absolute atomic E-state index is 0.517. The SMILES string of the molecule is Cc1cc(C)c(N=C2C(=Nc3c(C)cc(C)cc3[C@@H]3C[C@H](C)CC[C@H]3C(C)C)c3cccc4cccc2c34)c([C@@H]2C[C@H](C)CC[C@H]2C(C)C)c1. The zero-order valence-corrected chi connectivity index (χ0v) is 32.5. The molecule has 0 heterocycles. The topological polar surface area (TPSA) is 24.7 Å². The van der Waals surface area contributed by atoms with Gasteiger partial charge in [-0.15, -0.1) is 0 Å². The van der Waals surface area contributed by atoms with Crippen molar-refractivity contribution in [2.75, 3.05) is 0 Å². The van der Waals surface area contributed by atoms with Gasteiger partial charge in [-0.05, 0) is 128 Å². The van der Waals surface area contributed by atoms with Crippen molar-refractivity contribution in [2.45, 2.75) is 120 Å². The van der Waals surface area contributed by atoms with E-state index in [-0.39, 0.29) is 0 Å². The average Bonchev–Trinajstić information content (AvgIpc) is 3.36. The first-order valence-corrected chi connectivity index (χ1v) is 19.8. The Bertz CT molecular complexity index is 1830. The Morgan fingerprint density at radius 3 is 1.38 bits per heavy atom. The summed E-state index contributed by atoms with van der Waals surface area (Å²) in [5.74, 6) is 5.15. The van der Waals surface area contributed by atoms with Crippen LogP contribution >= 0.6 is 0 Å². The van der Waals surface area contributed by atoms with Gasteiger partial charge in [-0.25, -0.2) is 9.98 Å². The van der Waals surface area contributed by atoms with Crippen LogP contribution in [-0.4, -0.2) is 11.4 Å². The first-order chi connectivity index (χ1) is 23.9. The molecular formula is C48H60N2. The van der Waals surface area contributed by atoms with Gasteiger partial charge in [-0.2, -0.15) is 0 Å². The lowest BCUT2D eigenvalue weighted by molar-refractivity contribution is 0.197. The molecule has 0 aromatic heterocycles. The fourth-order valence-electron chi connectivity index (χ4n) is 10.4. The normalized spacial score (nSPS) is 27.0. The van der Waals surface area contributed by atoms with Gasteiger partial charge in [-0.3, -0.25) is 0 Å². The van der Waals surface area contributed by atoms with Gasteiger partial charge >= 0.3 is 0 Å². The third-order valence-electron chi connectivity index (χ3n) is 12.9. The van der Waals surface area contributed by atoms with Crippen molar-refractivity contribution >= 4 is 33.6 Å². The first kappa shape index (κ1) is 34.9. The van der Waals surface area contributed by atoms with E-state index in [1.807, 2.05) is 0 Å². The van der Waals surface area contributed by atoms with E-state index in [4.69, 9.17) is 9.98 Å². The number of aliphatic imine (C=N–C) groups is 2. The Hall–Kier alpha value is -3.52. The fraction of sp³-hybridized carbons (Fsp3) is 0.500. The summed E-state index contributed by atoms with van der Waals surface area (Å²) < 4.78 is 0. The second kappa shape index (κ2) is 13.9. The Balaban J connectivity index is 1.47. The largest absolute Gasteiger partial charge is 0.246 e. The van der Waals surface area contributed by atoms with Gasteiger partial charge < -0.3 is 0 Å². The van der Waals surface area contributed by atoms with Crippen molar-refractivity contribution < 1.29 is 0 Å². The maximum Gasteiger partial charge on any atom is 0.0979 e. The maximum atomic E-state index is 5.84. The summed E-state index contributed by atoms with van der Waals surface area (Å²) in [7, 11) is 0. The molecule has 6 atom stereocenters. The molecule has 2 heteroatoms. The lowest BCUT2D eigenvalue weighted by Gasteiger charge is -2.38. The second-order valence-corrected chi connectivity index (χ2v) is 17.5. The average molecular weight is 665 g/mol. The number of hydrogen-bond acceptors (Lipinski definition) is 2. The molecule has 0 unspecified atom stereocenters. The molecule has 2 saturated carbocycles. The van der Waals surface area contributed by atoms with Crippen molar-refractivity contribution in [2.24, 2.45) is 45.5 Å². The van der Waals surface area contributed by atoms with Crippen LogP contribution in [0.3, 0.4) is 0 Å². The summed E-state index contributed by atoms with van der Waals surface area (Å²) in [5, 5.41) is 2.56. The molecule has 50 heavy (non-hydrogen) atoms. The molecule has 3 aliphatic carbocycles. The van der Waals surface area contributed by atoms with Crippen molar-refractivity contribution in [3.05, 3.63) is 105 Å². The molecule has 2 fully saturated rings. The van der Waals surface area contributed by atoms with Crippen LogP contribution in [-0.2, 0) is 0 Å². The number of aryl methyl sites for hydroxylation is 4. The highest BCUT2D eigenvalue weighted by Crippen LogP contribution is 2.50. The van der Waals surface area contributed by atoms with E-state index in [1.54, 1.807) is 0 Å². The lowest BCUT2D eigenvalue weighted by Crippen LogP contribution is -2.26. The second-order valence-electron chi connectivity index (χ2n) is 17.5. The standard InChI is InChI=1S/C48H60N2/c1-27(2)36-19-17-29(5)23-40(36)42-25-31(7)21-33(9)45(42)49-47-38-15-11-13-35-14-12-16-39(44(35)38)48(47)50-46-34(10)22-32(8)26-43(46)41-24-30(6)18-20-37(41)28(3)4/h11-16,21-22,25-30,36-37,40-41H,17-20,23-24H2,1-10H3/t29-,30-,36+,37+,40-,41-/m1/s1. The summed E-state index contributed by atoms with van der Waals surface area (Å²) in [6, 6.07) is 23.1. The molecule has 3 aliphatic rings. The van der Waals surface area contributed by atoms with Crippen LogP contribution in [0.2, 0.25) is 0 Å². The predicted octanol–water partition coefficient (Wildman–Crippen LogP) is 13.7. The van der Waals surface area contributed by atoms with Gasteiger partial charge in [0, 0.05) is 16.5 Å².